The van der Waals surface area contributed by atoms with E-state index in [9.17, 15) is 9.59 Å². The van der Waals surface area contributed by atoms with Crippen molar-refractivity contribution in [3.63, 3.8) is 0 Å². The maximum absolute atomic E-state index is 12.9. The highest BCUT2D eigenvalue weighted by atomic mass is 16.6. The maximum Gasteiger partial charge on any atom is 0.408 e. The minimum absolute atomic E-state index is 0.326. The molecule has 0 saturated carbocycles. The number of rotatable bonds is 7. The maximum atomic E-state index is 12.9. The number of ether oxygens (including phenoxy) is 2. The van der Waals surface area contributed by atoms with Crippen molar-refractivity contribution in [3.05, 3.63) is 65.7 Å². The van der Waals surface area contributed by atoms with Crippen LogP contribution in [0.4, 0.5) is 10.5 Å². The van der Waals surface area contributed by atoms with E-state index in [0.717, 1.165) is 11.1 Å². The third kappa shape index (κ3) is 7.95. The van der Waals surface area contributed by atoms with Crippen molar-refractivity contribution in [2.75, 3.05) is 5.32 Å². The second kappa shape index (κ2) is 10.1. The lowest BCUT2D eigenvalue weighted by atomic mass is 10.1. The van der Waals surface area contributed by atoms with Gasteiger partial charge in [0, 0.05) is 5.69 Å². The largest absolute Gasteiger partial charge is 0.444 e. The lowest BCUT2D eigenvalue weighted by molar-refractivity contribution is -0.122. The third-order valence-corrected chi connectivity index (χ3v) is 4.07. The first-order valence-corrected chi connectivity index (χ1v) is 9.66. The molecule has 0 bridgehead atoms. The summed E-state index contributed by atoms with van der Waals surface area (Å²) in [7, 11) is 0. The Morgan fingerprint density at radius 3 is 2.34 bits per heavy atom. The van der Waals surface area contributed by atoms with E-state index in [0.29, 0.717) is 12.3 Å². The molecule has 0 aromatic heterocycles. The smallest absolute Gasteiger partial charge is 0.408 e. The molecule has 0 spiro atoms. The fraction of sp³-hybridized carbons (Fsp3) is 0.391. The van der Waals surface area contributed by atoms with Crippen molar-refractivity contribution in [1.82, 2.24) is 5.32 Å². The molecule has 156 valence electrons. The van der Waals surface area contributed by atoms with E-state index < -0.39 is 23.8 Å². The second-order valence-corrected chi connectivity index (χ2v) is 7.98. The number of anilines is 1. The van der Waals surface area contributed by atoms with Crippen molar-refractivity contribution in [2.45, 2.75) is 59.0 Å². The topological polar surface area (TPSA) is 76.7 Å². The van der Waals surface area contributed by atoms with Crippen LogP contribution in [0.5, 0.6) is 0 Å². The van der Waals surface area contributed by atoms with Crippen molar-refractivity contribution < 1.29 is 19.1 Å². The quantitative estimate of drug-likeness (QED) is 0.723. The van der Waals surface area contributed by atoms with Crippen molar-refractivity contribution in [3.8, 4) is 0 Å². The molecule has 2 amide bonds. The van der Waals surface area contributed by atoms with E-state index in [-0.39, 0.29) is 5.91 Å². The highest BCUT2D eigenvalue weighted by Gasteiger charge is 2.30. The molecule has 6 heteroatoms. The predicted octanol–water partition coefficient (Wildman–Crippen LogP) is 4.43. The number of alkyl carbamates (subject to hydrolysis) is 1. The Morgan fingerprint density at radius 1 is 1.03 bits per heavy atom. The molecule has 0 fully saturated rings. The zero-order valence-electron chi connectivity index (χ0n) is 17.7. The molecule has 2 unspecified atom stereocenters. The standard InChI is InChI=1S/C23H30N2O4/c1-16-10-9-13-19(14-16)24-21(26)20(25-22(27)29-23(3,4)5)17(2)28-15-18-11-7-6-8-12-18/h6-14,17,20H,15H2,1-5H3,(H,24,26)(H,25,27). The number of carbonyl (C=O) groups excluding carboxylic acids is 2. The summed E-state index contributed by atoms with van der Waals surface area (Å²) < 4.78 is 11.2. The Hall–Kier alpha value is -2.86. The molecule has 0 aliphatic heterocycles. The molecule has 2 atom stereocenters. The highest BCUT2D eigenvalue weighted by Crippen LogP contribution is 2.13. The second-order valence-electron chi connectivity index (χ2n) is 7.98. The summed E-state index contributed by atoms with van der Waals surface area (Å²) in [6.45, 7) is 9.32. The molecule has 0 saturated heterocycles. The number of aryl methyl sites for hydroxylation is 1. The van der Waals surface area contributed by atoms with Gasteiger partial charge in [0.2, 0.25) is 5.91 Å². The molecule has 0 radical (unpaired) electrons. The van der Waals surface area contributed by atoms with Crippen LogP contribution in [0.25, 0.3) is 0 Å². The molecule has 29 heavy (non-hydrogen) atoms. The van der Waals surface area contributed by atoms with Gasteiger partial charge < -0.3 is 20.1 Å². The number of nitrogens with one attached hydrogen (secondary N) is 2. The molecular weight excluding hydrogens is 368 g/mol. The van der Waals surface area contributed by atoms with E-state index in [2.05, 4.69) is 10.6 Å². The van der Waals surface area contributed by atoms with Gasteiger partial charge in [0.15, 0.2) is 0 Å². The van der Waals surface area contributed by atoms with Gasteiger partial charge >= 0.3 is 6.09 Å². The van der Waals surface area contributed by atoms with Crippen LogP contribution in [0.15, 0.2) is 54.6 Å². The highest BCUT2D eigenvalue weighted by molar-refractivity contribution is 5.97. The van der Waals surface area contributed by atoms with E-state index >= 15 is 0 Å². The number of hydrogen-bond donors (Lipinski definition) is 2. The summed E-state index contributed by atoms with van der Waals surface area (Å²) in [5, 5.41) is 5.49. The van der Waals surface area contributed by atoms with Gasteiger partial charge in [-0.05, 0) is 57.9 Å². The van der Waals surface area contributed by atoms with Crippen LogP contribution in [0.1, 0.15) is 38.8 Å². The Bertz CT molecular complexity index is 815. The monoisotopic (exact) mass is 398 g/mol. The van der Waals surface area contributed by atoms with Gasteiger partial charge in [-0.15, -0.1) is 0 Å². The van der Waals surface area contributed by atoms with Gasteiger partial charge in [-0.2, -0.15) is 0 Å². The third-order valence-electron chi connectivity index (χ3n) is 4.07. The summed E-state index contributed by atoms with van der Waals surface area (Å²) in [6.07, 6.45) is -1.25. The Balaban J connectivity index is 2.10. The minimum Gasteiger partial charge on any atom is -0.444 e. The summed E-state index contributed by atoms with van der Waals surface area (Å²) in [5.74, 6) is -0.373. The van der Waals surface area contributed by atoms with E-state index in [1.807, 2.05) is 55.5 Å². The van der Waals surface area contributed by atoms with E-state index in [4.69, 9.17) is 9.47 Å². The molecule has 2 aromatic carbocycles. The van der Waals surface area contributed by atoms with Gasteiger partial charge in [0.25, 0.3) is 0 Å². The Kier molecular flexibility index (Phi) is 7.79. The first kappa shape index (κ1) is 22.4. The van der Waals surface area contributed by atoms with Gasteiger partial charge in [0.05, 0.1) is 12.7 Å². The lowest BCUT2D eigenvalue weighted by Crippen LogP contribution is -2.52. The average Bonchev–Trinajstić information content (AvgIpc) is 2.63. The number of benzene rings is 2. The van der Waals surface area contributed by atoms with Crippen molar-refractivity contribution in [1.29, 1.82) is 0 Å². The number of amides is 2. The van der Waals surface area contributed by atoms with Gasteiger partial charge in [-0.3, -0.25) is 4.79 Å². The van der Waals surface area contributed by atoms with E-state index in [1.54, 1.807) is 33.8 Å². The Morgan fingerprint density at radius 2 is 1.72 bits per heavy atom. The summed E-state index contributed by atoms with van der Waals surface area (Å²) >= 11 is 0. The fourth-order valence-electron chi connectivity index (χ4n) is 2.67. The van der Waals surface area contributed by atoms with E-state index in [1.165, 1.54) is 0 Å². The molecule has 2 rings (SSSR count). The molecule has 2 aromatic rings. The summed E-state index contributed by atoms with van der Waals surface area (Å²) in [5.41, 5.74) is 1.99. The SMILES string of the molecule is Cc1cccc(NC(=O)C(NC(=O)OC(C)(C)C)C(C)OCc2ccccc2)c1. The van der Waals surface area contributed by atoms with Crippen LogP contribution >= 0.6 is 0 Å². The molecule has 2 N–H and O–H groups in total. The van der Waals surface area contributed by atoms with Crippen LogP contribution in [0.3, 0.4) is 0 Å². The van der Waals surface area contributed by atoms with Gasteiger partial charge in [-0.25, -0.2) is 4.79 Å². The normalized spacial score (nSPS) is 13.3. The molecular formula is C23H30N2O4. The van der Waals surface area contributed by atoms with Crippen molar-refractivity contribution in [2.24, 2.45) is 0 Å². The first-order valence-electron chi connectivity index (χ1n) is 9.66. The van der Waals surface area contributed by atoms with Crippen LogP contribution in [0.2, 0.25) is 0 Å². The Labute approximate surface area is 172 Å². The number of carbonyl (C=O) groups is 2. The van der Waals surface area contributed by atoms with Crippen molar-refractivity contribution >= 4 is 17.7 Å². The summed E-state index contributed by atoms with van der Waals surface area (Å²) in [4.78, 5) is 25.2. The van der Waals surface area contributed by atoms with Crippen LogP contribution in [-0.4, -0.2) is 29.7 Å². The minimum atomic E-state index is -0.922. The van der Waals surface area contributed by atoms with Crippen LogP contribution < -0.4 is 10.6 Å². The molecule has 0 aliphatic rings. The summed E-state index contributed by atoms with van der Waals surface area (Å²) in [6, 6.07) is 16.2. The fourth-order valence-corrected chi connectivity index (χ4v) is 2.67. The first-order chi connectivity index (χ1) is 13.6. The number of hydrogen-bond acceptors (Lipinski definition) is 4. The predicted molar refractivity (Wildman–Crippen MR) is 114 cm³/mol. The van der Waals surface area contributed by atoms with Crippen LogP contribution in [0, 0.1) is 6.92 Å². The van der Waals surface area contributed by atoms with Crippen LogP contribution in [-0.2, 0) is 20.9 Å². The average molecular weight is 399 g/mol. The molecule has 6 nitrogen and oxygen atoms in total. The van der Waals surface area contributed by atoms with Gasteiger partial charge in [-0.1, -0.05) is 42.5 Å². The van der Waals surface area contributed by atoms with Gasteiger partial charge in [0.1, 0.15) is 11.6 Å². The zero-order chi connectivity index (χ0) is 21.4. The lowest BCUT2D eigenvalue weighted by Gasteiger charge is -2.27. The molecule has 0 aliphatic carbocycles. The zero-order valence-corrected chi connectivity index (χ0v) is 17.7. The molecule has 0 heterocycles.